The molecule has 0 spiro atoms. The zero-order valence-electron chi connectivity index (χ0n) is 11.2. The van der Waals surface area contributed by atoms with Crippen molar-refractivity contribution >= 4 is 5.91 Å². The molecule has 0 radical (unpaired) electrons. The SMILES string of the molecule is CCOCCCC(=O)N(CC)CC1CCCN1. The largest absolute Gasteiger partial charge is 0.382 e. The molecule has 0 aromatic rings. The third-order valence-electron chi connectivity index (χ3n) is 3.22. The van der Waals surface area contributed by atoms with Gasteiger partial charge in [-0.1, -0.05) is 0 Å². The lowest BCUT2D eigenvalue weighted by molar-refractivity contribution is -0.131. The van der Waals surface area contributed by atoms with Gasteiger partial charge in [-0.2, -0.15) is 0 Å². The van der Waals surface area contributed by atoms with E-state index in [2.05, 4.69) is 12.2 Å². The molecule has 1 unspecified atom stereocenters. The standard InChI is InChI=1S/C13H26N2O2/c1-3-15(11-12-7-5-9-14-12)13(16)8-6-10-17-4-2/h12,14H,3-11H2,1-2H3. The van der Waals surface area contributed by atoms with Gasteiger partial charge in [0.15, 0.2) is 0 Å². The maximum absolute atomic E-state index is 12.0. The summed E-state index contributed by atoms with van der Waals surface area (Å²) in [4.78, 5) is 13.9. The molecule has 4 heteroatoms. The number of ether oxygens (including phenoxy) is 1. The Hall–Kier alpha value is -0.610. The van der Waals surface area contributed by atoms with Gasteiger partial charge >= 0.3 is 0 Å². The van der Waals surface area contributed by atoms with Crippen LogP contribution in [0.4, 0.5) is 0 Å². The second-order valence-corrected chi connectivity index (χ2v) is 4.53. The number of likely N-dealkylation sites (N-methyl/N-ethyl adjacent to an activating group) is 1. The van der Waals surface area contributed by atoms with E-state index in [-0.39, 0.29) is 5.91 Å². The minimum atomic E-state index is 0.265. The Morgan fingerprint density at radius 1 is 1.47 bits per heavy atom. The fourth-order valence-electron chi connectivity index (χ4n) is 2.21. The highest BCUT2D eigenvalue weighted by atomic mass is 16.5. The summed E-state index contributed by atoms with van der Waals surface area (Å²) in [6.07, 6.45) is 3.88. The van der Waals surface area contributed by atoms with Crippen molar-refractivity contribution < 1.29 is 9.53 Å². The first kappa shape index (κ1) is 14.5. The molecule has 0 aromatic heterocycles. The van der Waals surface area contributed by atoms with Gasteiger partial charge in [0.25, 0.3) is 0 Å². The van der Waals surface area contributed by atoms with Gasteiger partial charge in [-0.25, -0.2) is 0 Å². The molecule has 1 rings (SSSR count). The van der Waals surface area contributed by atoms with E-state index in [1.54, 1.807) is 0 Å². The minimum Gasteiger partial charge on any atom is -0.382 e. The van der Waals surface area contributed by atoms with Gasteiger partial charge in [-0.05, 0) is 39.7 Å². The van der Waals surface area contributed by atoms with Crippen molar-refractivity contribution in [1.82, 2.24) is 10.2 Å². The number of carbonyl (C=O) groups excluding carboxylic acids is 1. The van der Waals surface area contributed by atoms with Gasteiger partial charge in [-0.15, -0.1) is 0 Å². The smallest absolute Gasteiger partial charge is 0.222 e. The maximum atomic E-state index is 12.0. The highest BCUT2D eigenvalue weighted by molar-refractivity contribution is 5.76. The molecular weight excluding hydrogens is 216 g/mol. The average molecular weight is 242 g/mol. The van der Waals surface area contributed by atoms with Crippen LogP contribution in [0.2, 0.25) is 0 Å². The highest BCUT2D eigenvalue weighted by Gasteiger charge is 2.19. The first-order valence-electron chi connectivity index (χ1n) is 6.86. The number of rotatable bonds is 8. The fraction of sp³-hybridized carbons (Fsp3) is 0.923. The summed E-state index contributed by atoms with van der Waals surface area (Å²) < 4.78 is 5.25. The van der Waals surface area contributed by atoms with Crippen molar-refractivity contribution in [3.63, 3.8) is 0 Å². The normalized spacial score (nSPS) is 19.5. The van der Waals surface area contributed by atoms with Crippen LogP contribution in [0, 0.1) is 0 Å². The van der Waals surface area contributed by atoms with E-state index in [4.69, 9.17) is 4.74 Å². The summed E-state index contributed by atoms with van der Waals surface area (Å²) in [5, 5.41) is 3.43. The van der Waals surface area contributed by atoms with Crippen LogP contribution >= 0.6 is 0 Å². The molecular formula is C13H26N2O2. The van der Waals surface area contributed by atoms with Gasteiger partial charge in [0.2, 0.25) is 5.91 Å². The number of carbonyl (C=O) groups is 1. The molecule has 1 heterocycles. The molecule has 0 bridgehead atoms. The number of hydrogen-bond acceptors (Lipinski definition) is 3. The lowest BCUT2D eigenvalue weighted by Gasteiger charge is -2.24. The monoisotopic (exact) mass is 242 g/mol. The fourth-order valence-corrected chi connectivity index (χ4v) is 2.21. The molecule has 1 fully saturated rings. The molecule has 0 saturated carbocycles. The van der Waals surface area contributed by atoms with Crippen LogP contribution in [0.25, 0.3) is 0 Å². The molecule has 1 aliphatic heterocycles. The Bertz CT molecular complexity index is 215. The molecule has 17 heavy (non-hydrogen) atoms. The molecule has 1 aliphatic rings. The third kappa shape index (κ3) is 5.50. The van der Waals surface area contributed by atoms with Gasteiger partial charge < -0.3 is 15.0 Å². The van der Waals surface area contributed by atoms with E-state index in [9.17, 15) is 4.79 Å². The van der Waals surface area contributed by atoms with Gasteiger partial charge in [0, 0.05) is 38.8 Å². The van der Waals surface area contributed by atoms with Crippen LogP contribution in [-0.4, -0.2) is 49.7 Å². The first-order chi connectivity index (χ1) is 8.27. The van der Waals surface area contributed by atoms with E-state index < -0.39 is 0 Å². The van der Waals surface area contributed by atoms with Gasteiger partial charge in [0.1, 0.15) is 0 Å². The second kappa shape index (κ2) is 8.48. The minimum absolute atomic E-state index is 0.265. The molecule has 0 aliphatic carbocycles. The Kier molecular flexibility index (Phi) is 7.21. The molecule has 1 amide bonds. The van der Waals surface area contributed by atoms with Crippen LogP contribution in [0.1, 0.15) is 39.5 Å². The molecule has 1 saturated heterocycles. The van der Waals surface area contributed by atoms with Crippen molar-refractivity contribution in [3.05, 3.63) is 0 Å². The van der Waals surface area contributed by atoms with Gasteiger partial charge in [-0.3, -0.25) is 4.79 Å². The van der Waals surface area contributed by atoms with Gasteiger partial charge in [0.05, 0.1) is 0 Å². The summed E-state index contributed by atoms with van der Waals surface area (Å²) in [7, 11) is 0. The van der Waals surface area contributed by atoms with Crippen molar-refractivity contribution in [3.8, 4) is 0 Å². The van der Waals surface area contributed by atoms with E-state index in [0.717, 1.165) is 32.7 Å². The van der Waals surface area contributed by atoms with Crippen molar-refractivity contribution in [2.45, 2.75) is 45.6 Å². The van der Waals surface area contributed by atoms with Crippen LogP contribution in [0.15, 0.2) is 0 Å². The lowest BCUT2D eigenvalue weighted by Crippen LogP contribution is -2.41. The summed E-state index contributed by atoms with van der Waals surface area (Å²) >= 11 is 0. The summed E-state index contributed by atoms with van der Waals surface area (Å²) in [6, 6.07) is 0.505. The zero-order valence-corrected chi connectivity index (χ0v) is 11.2. The number of amides is 1. The summed E-state index contributed by atoms with van der Waals surface area (Å²) in [6.45, 7) is 8.23. The first-order valence-corrected chi connectivity index (χ1v) is 6.86. The average Bonchev–Trinajstić information content (AvgIpc) is 2.84. The van der Waals surface area contributed by atoms with E-state index in [1.807, 2.05) is 11.8 Å². The highest BCUT2D eigenvalue weighted by Crippen LogP contribution is 2.08. The molecule has 0 aromatic carbocycles. The maximum Gasteiger partial charge on any atom is 0.222 e. The quantitative estimate of drug-likeness (QED) is 0.654. The van der Waals surface area contributed by atoms with Crippen LogP contribution in [0.3, 0.4) is 0 Å². The predicted octanol–water partition coefficient (Wildman–Crippen LogP) is 1.40. The lowest BCUT2D eigenvalue weighted by atomic mass is 10.2. The summed E-state index contributed by atoms with van der Waals surface area (Å²) in [5.74, 6) is 0.265. The third-order valence-corrected chi connectivity index (χ3v) is 3.22. The van der Waals surface area contributed by atoms with Crippen molar-refractivity contribution in [2.75, 3.05) is 32.8 Å². The van der Waals surface area contributed by atoms with Crippen LogP contribution in [-0.2, 0) is 9.53 Å². The van der Waals surface area contributed by atoms with Crippen LogP contribution in [0.5, 0.6) is 0 Å². The Morgan fingerprint density at radius 2 is 2.29 bits per heavy atom. The molecule has 1 N–H and O–H groups in total. The number of hydrogen-bond donors (Lipinski definition) is 1. The number of nitrogens with zero attached hydrogens (tertiary/aromatic N) is 1. The Labute approximate surface area is 105 Å². The zero-order chi connectivity index (χ0) is 12.5. The second-order valence-electron chi connectivity index (χ2n) is 4.53. The van der Waals surface area contributed by atoms with E-state index in [0.29, 0.717) is 19.1 Å². The Morgan fingerprint density at radius 3 is 2.88 bits per heavy atom. The van der Waals surface area contributed by atoms with Crippen molar-refractivity contribution in [1.29, 1.82) is 0 Å². The van der Waals surface area contributed by atoms with Crippen LogP contribution < -0.4 is 5.32 Å². The Balaban J connectivity index is 2.20. The van der Waals surface area contributed by atoms with E-state index in [1.165, 1.54) is 12.8 Å². The predicted molar refractivity (Wildman–Crippen MR) is 69.0 cm³/mol. The summed E-state index contributed by atoms with van der Waals surface area (Å²) in [5.41, 5.74) is 0. The number of nitrogens with one attached hydrogen (secondary N) is 1. The molecule has 4 nitrogen and oxygen atoms in total. The molecule has 1 atom stereocenters. The molecule has 100 valence electrons. The van der Waals surface area contributed by atoms with Crippen molar-refractivity contribution in [2.24, 2.45) is 0 Å². The topological polar surface area (TPSA) is 41.6 Å². The van der Waals surface area contributed by atoms with E-state index >= 15 is 0 Å².